The van der Waals surface area contributed by atoms with Gasteiger partial charge in [0.05, 0.1) is 6.61 Å². The van der Waals surface area contributed by atoms with Crippen LogP contribution in [0.25, 0.3) is 0 Å². The fourth-order valence-corrected chi connectivity index (χ4v) is 3.18. The molecule has 1 aromatic rings. The molecule has 0 spiro atoms. The van der Waals surface area contributed by atoms with Crippen molar-refractivity contribution in [1.29, 1.82) is 0 Å². The number of hydrogen-bond acceptors (Lipinski definition) is 9. The average Bonchev–Trinajstić information content (AvgIpc) is 2.86. The Labute approximate surface area is 138 Å². The Morgan fingerprint density at radius 1 is 1.65 bits per heavy atom. The molecule has 1 saturated heterocycles. The van der Waals surface area contributed by atoms with E-state index in [1.807, 2.05) is 0 Å². The standard InChI is InChI=1S/C12H20N3O6PS/c1-4-19-9-8(21-22(17,23)18-3)6-20-11(9)15-5-7(2)10(13)14-12(15)16/h5,8-9,11H,4,6H2,1-3H3,(H,17,23)(H2,13,14,16)/p-1/t8?,9-,11+,22?/m0/s1. The lowest BCUT2D eigenvalue weighted by atomic mass is 10.2. The summed E-state index contributed by atoms with van der Waals surface area (Å²) >= 11 is 4.74. The molecule has 0 aromatic carbocycles. The van der Waals surface area contributed by atoms with E-state index in [0.29, 0.717) is 12.2 Å². The van der Waals surface area contributed by atoms with Gasteiger partial charge >= 0.3 is 5.69 Å². The summed E-state index contributed by atoms with van der Waals surface area (Å²) < 4.78 is 22.4. The maximum atomic E-state index is 12.1. The molecule has 11 heteroatoms. The van der Waals surface area contributed by atoms with Crippen LogP contribution in [0, 0.1) is 6.92 Å². The van der Waals surface area contributed by atoms with E-state index in [-0.39, 0.29) is 12.4 Å². The van der Waals surface area contributed by atoms with Crippen LogP contribution >= 0.6 is 6.72 Å². The third kappa shape index (κ3) is 4.16. The highest BCUT2D eigenvalue weighted by Crippen LogP contribution is 2.43. The highest BCUT2D eigenvalue weighted by molar-refractivity contribution is 8.06. The van der Waals surface area contributed by atoms with E-state index in [1.54, 1.807) is 13.8 Å². The Bertz CT molecular complexity index is 669. The fraction of sp³-hybridized carbons (Fsp3) is 0.667. The molecule has 4 atom stereocenters. The van der Waals surface area contributed by atoms with E-state index in [1.165, 1.54) is 17.9 Å². The molecule has 0 bridgehead atoms. The number of nitrogens with zero attached hydrogens (tertiary/aromatic N) is 2. The molecule has 0 radical (unpaired) electrons. The normalized spacial score (nSPS) is 27.0. The van der Waals surface area contributed by atoms with Gasteiger partial charge in [0.25, 0.3) is 0 Å². The van der Waals surface area contributed by atoms with Crippen molar-refractivity contribution < 1.29 is 23.4 Å². The zero-order chi connectivity index (χ0) is 17.2. The third-order valence-electron chi connectivity index (χ3n) is 3.37. The van der Waals surface area contributed by atoms with Gasteiger partial charge in [0.2, 0.25) is 0 Å². The second-order valence-corrected chi connectivity index (χ2v) is 7.73. The molecule has 1 fully saturated rings. The van der Waals surface area contributed by atoms with Gasteiger partial charge in [-0.25, -0.2) is 4.79 Å². The summed E-state index contributed by atoms with van der Waals surface area (Å²) in [6, 6.07) is 0. The van der Waals surface area contributed by atoms with Gasteiger partial charge in [-0.05, 0) is 13.8 Å². The number of anilines is 1. The summed E-state index contributed by atoms with van der Waals surface area (Å²) in [5, 5.41) is 0. The Balaban J connectivity index is 2.31. The third-order valence-corrected chi connectivity index (χ3v) is 5.06. The van der Waals surface area contributed by atoms with Crippen LogP contribution in [-0.2, 0) is 30.3 Å². The van der Waals surface area contributed by atoms with E-state index >= 15 is 0 Å². The molecule has 1 aliphatic rings. The van der Waals surface area contributed by atoms with Gasteiger partial charge in [-0.15, -0.1) is 0 Å². The molecule has 2 unspecified atom stereocenters. The lowest BCUT2D eigenvalue weighted by molar-refractivity contribution is -0.211. The Kier molecular flexibility index (Phi) is 5.90. The maximum absolute atomic E-state index is 12.1. The van der Waals surface area contributed by atoms with Crippen LogP contribution in [0.15, 0.2) is 11.0 Å². The number of aryl methyl sites for hydroxylation is 1. The van der Waals surface area contributed by atoms with Gasteiger partial charge in [0.1, 0.15) is 24.7 Å². The molecule has 23 heavy (non-hydrogen) atoms. The molecule has 1 aliphatic heterocycles. The molecule has 1 aromatic heterocycles. The highest BCUT2D eigenvalue weighted by atomic mass is 32.5. The van der Waals surface area contributed by atoms with Crippen LogP contribution in [0.2, 0.25) is 0 Å². The topological polar surface area (TPSA) is 121 Å². The maximum Gasteiger partial charge on any atom is 0.351 e. The smallest absolute Gasteiger partial charge is 0.351 e. The van der Waals surface area contributed by atoms with Gasteiger partial charge < -0.3 is 29.1 Å². The lowest BCUT2D eigenvalue weighted by Crippen LogP contribution is -2.38. The Morgan fingerprint density at radius 3 is 2.96 bits per heavy atom. The van der Waals surface area contributed by atoms with Crippen molar-refractivity contribution >= 4 is 24.3 Å². The van der Waals surface area contributed by atoms with E-state index in [4.69, 9.17) is 31.5 Å². The van der Waals surface area contributed by atoms with Crippen molar-refractivity contribution in [3.63, 3.8) is 0 Å². The van der Waals surface area contributed by atoms with E-state index in [2.05, 4.69) is 9.51 Å². The predicted octanol–water partition coefficient (Wildman–Crippen LogP) is -0.316. The monoisotopic (exact) mass is 364 g/mol. The molecule has 2 N–H and O–H groups in total. The van der Waals surface area contributed by atoms with Gasteiger partial charge in [0, 0.05) is 25.5 Å². The van der Waals surface area contributed by atoms with Crippen LogP contribution < -0.4 is 16.3 Å². The Hall–Kier alpha value is -0.870. The van der Waals surface area contributed by atoms with Gasteiger partial charge in [0.15, 0.2) is 6.23 Å². The molecular weight excluding hydrogens is 345 g/mol. The minimum Gasteiger partial charge on any atom is -0.780 e. The minimum absolute atomic E-state index is 0.0508. The van der Waals surface area contributed by atoms with Crippen LogP contribution in [0.4, 0.5) is 5.82 Å². The fourth-order valence-electron chi connectivity index (χ4n) is 2.25. The van der Waals surface area contributed by atoms with Crippen LogP contribution in [0.1, 0.15) is 18.7 Å². The van der Waals surface area contributed by atoms with Crippen LogP contribution in [0.5, 0.6) is 0 Å². The van der Waals surface area contributed by atoms with E-state index < -0.39 is 30.8 Å². The Morgan fingerprint density at radius 2 is 2.35 bits per heavy atom. The number of aromatic nitrogens is 2. The molecule has 2 rings (SSSR count). The molecule has 130 valence electrons. The van der Waals surface area contributed by atoms with Crippen molar-refractivity contribution in [3.05, 3.63) is 22.2 Å². The van der Waals surface area contributed by atoms with Gasteiger partial charge in [-0.2, -0.15) is 4.98 Å². The summed E-state index contributed by atoms with van der Waals surface area (Å²) in [6.07, 6.45) is -0.666. The van der Waals surface area contributed by atoms with Crippen LogP contribution in [0.3, 0.4) is 0 Å². The zero-order valence-corrected chi connectivity index (χ0v) is 14.7. The molecule has 0 saturated carbocycles. The van der Waals surface area contributed by atoms with Crippen LogP contribution in [-0.4, -0.2) is 42.1 Å². The van der Waals surface area contributed by atoms with E-state index in [9.17, 15) is 9.69 Å². The minimum atomic E-state index is -3.63. The number of hydrogen-bond donors (Lipinski definition) is 1. The molecule has 0 aliphatic carbocycles. The first-order chi connectivity index (χ1) is 10.8. The summed E-state index contributed by atoms with van der Waals surface area (Å²) in [7, 11) is 1.20. The average molecular weight is 364 g/mol. The summed E-state index contributed by atoms with van der Waals surface area (Å²) in [6.45, 7) is 0.267. The number of nitrogens with two attached hydrogens (primary N) is 1. The first kappa shape index (κ1) is 18.5. The lowest BCUT2D eigenvalue weighted by Gasteiger charge is -2.31. The number of nitrogen functional groups attached to an aromatic ring is 1. The number of rotatable bonds is 6. The van der Waals surface area contributed by atoms with Gasteiger partial charge in [-0.1, -0.05) is 11.8 Å². The quantitative estimate of drug-likeness (QED) is 0.677. The second-order valence-electron chi connectivity index (χ2n) is 4.92. The predicted molar refractivity (Wildman–Crippen MR) is 84.2 cm³/mol. The first-order valence-electron chi connectivity index (χ1n) is 6.92. The van der Waals surface area contributed by atoms with Crippen molar-refractivity contribution in [1.82, 2.24) is 9.55 Å². The molecular formula is C12H19N3O6PS-. The highest BCUT2D eigenvalue weighted by Gasteiger charge is 2.41. The SMILES string of the molecule is CCO[C@H]1C(OP([O-])(=S)OC)CO[C@H]1n1cc(C)c(N)nc1=O. The van der Waals surface area contributed by atoms with Gasteiger partial charge in [-0.3, -0.25) is 4.57 Å². The second kappa shape index (κ2) is 7.35. The zero-order valence-electron chi connectivity index (χ0n) is 13.0. The van der Waals surface area contributed by atoms with Crippen molar-refractivity contribution in [2.75, 3.05) is 26.1 Å². The number of ether oxygens (including phenoxy) is 2. The first-order valence-corrected chi connectivity index (χ1v) is 9.48. The van der Waals surface area contributed by atoms with Crippen molar-refractivity contribution in [3.8, 4) is 0 Å². The van der Waals surface area contributed by atoms with E-state index in [0.717, 1.165) is 0 Å². The molecule has 2 heterocycles. The summed E-state index contributed by atoms with van der Waals surface area (Å²) in [5.74, 6) is 0.152. The molecule has 9 nitrogen and oxygen atoms in total. The molecule has 0 amide bonds. The summed E-state index contributed by atoms with van der Waals surface area (Å²) in [5.41, 5.74) is 5.67. The largest absolute Gasteiger partial charge is 0.780 e. The van der Waals surface area contributed by atoms with Crippen molar-refractivity contribution in [2.45, 2.75) is 32.3 Å². The summed E-state index contributed by atoms with van der Waals surface area (Å²) in [4.78, 5) is 27.7. The van der Waals surface area contributed by atoms with Crippen molar-refractivity contribution in [2.24, 2.45) is 0 Å².